The molecule has 14 heavy (non-hydrogen) atoms. The van der Waals surface area contributed by atoms with E-state index in [1.54, 1.807) is 11.8 Å². The van der Waals surface area contributed by atoms with Gasteiger partial charge in [-0.1, -0.05) is 12.1 Å². The van der Waals surface area contributed by atoms with E-state index in [9.17, 15) is 4.79 Å². The highest BCUT2D eigenvalue weighted by molar-refractivity contribution is 7.98. The van der Waals surface area contributed by atoms with Crippen molar-refractivity contribution < 1.29 is 9.90 Å². The van der Waals surface area contributed by atoms with Crippen molar-refractivity contribution in [2.45, 2.75) is 24.2 Å². The second-order valence-electron chi connectivity index (χ2n) is 3.10. The van der Waals surface area contributed by atoms with Crippen LogP contribution in [0.15, 0.2) is 29.2 Å². The van der Waals surface area contributed by atoms with Gasteiger partial charge in [0, 0.05) is 11.3 Å². The number of carboxylic acids is 1. The number of hydrogen-bond donors (Lipinski definition) is 1. The van der Waals surface area contributed by atoms with E-state index in [4.69, 9.17) is 5.11 Å². The molecule has 0 amide bonds. The molecule has 0 aliphatic rings. The normalized spacial score (nSPS) is 10.1. The number of thioether (sulfide) groups is 1. The van der Waals surface area contributed by atoms with Crippen LogP contribution in [-0.2, 0) is 11.2 Å². The zero-order valence-electron chi connectivity index (χ0n) is 8.19. The summed E-state index contributed by atoms with van der Waals surface area (Å²) in [6, 6.07) is 8.24. The van der Waals surface area contributed by atoms with Crippen molar-refractivity contribution in [3.63, 3.8) is 0 Å². The average Bonchev–Trinajstić information content (AvgIpc) is 2.18. The number of benzene rings is 1. The Bertz CT molecular complexity index is 310. The van der Waals surface area contributed by atoms with E-state index in [-0.39, 0.29) is 6.42 Å². The number of carbonyl (C=O) groups is 1. The van der Waals surface area contributed by atoms with Crippen molar-refractivity contribution in [2.24, 2.45) is 0 Å². The lowest BCUT2D eigenvalue weighted by molar-refractivity contribution is -0.137. The molecular weight excluding hydrogens is 196 g/mol. The van der Waals surface area contributed by atoms with Crippen molar-refractivity contribution >= 4 is 17.7 Å². The first-order valence-electron chi connectivity index (χ1n) is 4.57. The smallest absolute Gasteiger partial charge is 0.303 e. The van der Waals surface area contributed by atoms with E-state index in [0.29, 0.717) is 6.42 Å². The molecule has 0 unspecified atom stereocenters. The van der Waals surface area contributed by atoms with Gasteiger partial charge in [0.1, 0.15) is 0 Å². The van der Waals surface area contributed by atoms with Gasteiger partial charge in [-0.25, -0.2) is 0 Å². The topological polar surface area (TPSA) is 37.3 Å². The van der Waals surface area contributed by atoms with Crippen LogP contribution in [0.3, 0.4) is 0 Å². The fourth-order valence-corrected chi connectivity index (χ4v) is 1.76. The van der Waals surface area contributed by atoms with Crippen LogP contribution in [0.25, 0.3) is 0 Å². The van der Waals surface area contributed by atoms with E-state index < -0.39 is 5.97 Å². The molecule has 2 nitrogen and oxygen atoms in total. The quantitative estimate of drug-likeness (QED) is 0.759. The van der Waals surface area contributed by atoms with Crippen LogP contribution < -0.4 is 0 Å². The Kier molecular flexibility index (Phi) is 4.53. The molecule has 0 saturated carbocycles. The summed E-state index contributed by atoms with van der Waals surface area (Å²) in [7, 11) is 0. The van der Waals surface area contributed by atoms with E-state index >= 15 is 0 Å². The van der Waals surface area contributed by atoms with E-state index in [1.807, 2.05) is 18.4 Å². The maximum absolute atomic E-state index is 10.3. The van der Waals surface area contributed by atoms with Gasteiger partial charge < -0.3 is 5.11 Å². The zero-order valence-corrected chi connectivity index (χ0v) is 9.01. The highest BCUT2D eigenvalue weighted by Crippen LogP contribution is 2.16. The number of aryl methyl sites for hydroxylation is 1. The summed E-state index contributed by atoms with van der Waals surface area (Å²) in [4.78, 5) is 11.5. The summed E-state index contributed by atoms with van der Waals surface area (Å²) in [5.74, 6) is -0.717. The summed E-state index contributed by atoms with van der Waals surface area (Å²) in [6.45, 7) is 0. The number of hydrogen-bond acceptors (Lipinski definition) is 2. The highest BCUT2D eigenvalue weighted by atomic mass is 32.2. The van der Waals surface area contributed by atoms with Gasteiger partial charge in [-0.2, -0.15) is 0 Å². The Morgan fingerprint density at radius 2 is 2.29 bits per heavy atom. The maximum Gasteiger partial charge on any atom is 0.303 e. The maximum atomic E-state index is 10.3. The van der Waals surface area contributed by atoms with Crippen molar-refractivity contribution in [1.29, 1.82) is 0 Å². The predicted octanol–water partition coefficient (Wildman–Crippen LogP) is 2.82. The lowest BCUT2D eigenvalue weighted by Crippen LogP contribution is -1.95. The predicted molar refractivity (Wildman–Crippen MR) is 58.8 cm³/mol. The Morgan fingerprint density at radius 1 is 1.50 bits per heavy atom. The molecule has 0 aliphatic carbocycles. The Balaban J connectivity index is 2.46. The minimum Gasteiger partial charge on any atom is -0.481 e. The van der Waals surface area contributed by atoms with Crippen LogP contribution in [0.4, 0.5) is 0 Å². The van der Waals surface area contributed by atoms with Gasteiger partial charge in [0.15, 0.2) is 0 Å². The summed E-state index contributed by atoms with van der Waals surface area (Å²) in [5.41, 5.74) is 1.22. The SMILES string of the molecule is CSc1cccc(CCCC(=O)O)c1. The minimum atomic E-state index is -0.717. The average molecular weight is 210 g/mol. The number of aliphatic carboxylic acids is 1. The van der Waals surface area contributed by atoms with E-state index in [1.165, 1.54) is 10.5 Å². The molecule has 0 aliphatic heterocycles. The largest absolute Gasteiger partial charge is 0.481 e. The van der Waals surface area contributed by atoms with Gasteiger partial charge in [-0.05, 0) is 36.8 Å². The molecule has 1 aromatic carbocycles. The molecule has 1 N–H and O–H groups in total. The minimum absolute atomic E-state index is 0.253. The molecule has 0 spiro atoms. The number of carboxylic acid groups (broad SMARTS) is 1. The fourth-order valence-electron chi connectivity index (χ4n) is 1.27. The molecule has 1 rings (SSSR count). The Labute approximate surface area is 88.3 Å². The third-order valence-corrected chi connectivity index (χ3v) is 2.72. The van der Waals surface area contributed by atoms with Gasteiger partial charge in [-0.15, -0.1) is 11.8 Å². The van der Waals surface area contributed by atoms with Gasteiger partial charge >= 0.3 is 5.97 Å². The number of rotatable bonds is 5. The second kappa shape index (κ2) is 5.70. The summed E-state index contributed by atoms with van der Waals surface area (Å²) in [5, 5.41) is 8.49. The third kappa shape index (κ3) is 3.83. The Hall–Kier alpha value is -0.960. The van der Waals surface area contributed by atoms with Crippen LogP contribution in [-0.4, -0.2) is 17.3 Å². The molecule has 0 saturated heterocycles. The van der Waals surface area contributed by atoms with Crippen molar-refractivity contribution in [3.05, 3.63) is 29.8 Å². The van der Waals surface area contributed by atoms with Gasteiger partial charge in [-0.3, -0.25) is 4.79 Å². The van der Waals surface area contributed by atoms with Crippen molar-refractivity contribution in [2.75, 3.05) is 6.26 Å². The van der Waals surface area contributed by atoms with Crippen LogP contribution >= 0.6 is 11.8 Å². The van der Waals surface area contributed by atoms with Gasteiger partial charge in [0.05, 0.1) is 0 Å². The molecule has 0 bridgehead atoms. The lowest BCUT2D eigenvalue weighted by atomic mass is 10.1. The molecule has 76 valence electrons. The molecule has 3 heteroatoms. The molecule has 0 radical (unpaired) electrons. The highest BCUT2D eigenvalue weighted by Gasteiger charge is 1.98. The van der Waals surface area contributed by atoms with Crippen molar-refractivity contribution in [3.8, 4) is 0 Å². The lowest BCUT2D eigenvalue weighted by Gasteiger charge is -2.01. The molecule has 0 atom stereocenters. The summed E-state index contributed by atoms with van der Waals surface area (Å²) >= 11 is 1.71. The van der Waals surface area contributed by atoms with Crippen molar-refractivity contribution in [1.82, 2.24) is 0 Å². The molecule has 0 aromatic heterocycles. The van der Waals surface area contributed by atoms with Gasteiger partial charge in [0.2, 0.25) is 0 Å². The standard InChI is InChI=1S/C11H14O2S/c1-14-10-6-2-4-9(8-10)5-3-7-11(12)13/h2,4,6,8H,3,5,7H2,1H3,(H,12,13). The first kappa shape index (κ1) is 11.1. The zero-order chi connectivity index (χ0) is 10.4. The summed E-state index contributed by atoms with van der Waals surface area (Å²) in [6.07, 6.45) is 3.85. The van der Waals surface area contributed by atoms with E-state index in [2.05, 4.69) is 12.1 Å². The van der Waals surface area contributed by atoms with Gasteiger partial charge in [0.25, 0.3) is 0 Å². The molecule has 0 fully saturated rings. The first-order chi connectivity index (χ1) is 6.72. The Morgan fingerprint density at radius 3 is 2.93 bits per heavy atom. The first-order valence-corrected chi connectivity index (χ1v) is 5.79. The molecular formula is C11H14O2S. The van der Waals surface area contributed by atoms with Crippen LogP contribution in [0.1, 0.15) is 18.4 Å². The fraction of sp³-hybridized carbons (Fsp3) is 0.364. The monoisotopic (exact) mass is 210 g/mol. The third-order valence-electron chi connectivity index (χ3n) is 1.99. The molecule has 0 heterocycles. The second-order valence-corrected chi connectivity index (χ2v) is 3.98. The molecule has 1 aromatic rings. The van der Waals surface area contributed by atoms with Crippen LogP contribution in [0.2, 0.25) is 0 Å². The van der Waals surface area contributed by atoms with Crippen LogP contribution in [0.5, 0.6) is 0 Å². The van der Waals surface area contributed by atoms with Crippen LogP contribution in [0, 0.1) is 0 Å². The summed E-state index contributed by atoms with van der Waals surface area (Å²) < 4.78 is 0. The van der Waals surface area contributed by atoms with E-state index in [0.717, 1.165) is 6.42 Å².